The monoisotopic (exact) mass is 270 g/mol. The predicted octanol–water partition coefficient (Wildman–Crippen LogP) is 2.99. The number of benzene rings is 1. The van der Waals surface area contributed by atoms with E-state index in [0.717, 1.165) is 11.8 Å². The fourth-order valence-electron chi connectivity index (χ4n) is 2.38. The Labute approximate surface area is 117 Å². The lowest BCUT2D eigenvalue weighted by Gasteiger charge is -2.22. The van der Waals surface area contributed by atoms with Gasteiger partial charge in [-0.2, -0.15) is 5.26 Å². The van der Waals surface area contributed by atoms with Gasteiger partial charge in [0.05, 0.1) is 18.2 Å². The van der Waals surface area contributed by atoms with Crippen molar-refractivity contribution in [3.63, 3.8) is 0 Å². The highest BCUT2D eigenvalue weighted by Crippen LogP contribution is 2.35. The fraction of sp³-hybridized carbons (Fsp3) is 0.250. The second kappa shape index (κ2) is 6.78. The molecule has 2 atom stereocenters. The molecule has 102 valence electrons. The Hall–Kier alpha value is -2.25. The van der Waals surface area contributed by atoms with Crippen LogP contribution in [-0.4, -0.2) is 16.7 Å². The van der Waals surface area contributed by atoms with Crippen molar-refractivity contribution in [1.29, 1.82) is 5.26 Å². The van der Waals surface area contributed by atoms with Crippen LogP contribution in [0, 0.1) is 17.1 Å². The third kappa shape index (κ3) is 3.01. The summed E-state index contributed by atoms with van der Waals surface area (Å²) < 4.78 is 13.9. The summed E-state index contributed by atoms with van der Waals surface area (Å²) in [5.41, 5.74) is 1.24. The Morgan fingerprint density at radius 2 is 2.00 bits per heavy atom. The van der Waals surface area contributed by atoms with Crippen LogP contribution in [0.15, 0.2) is 48.8 Å². The highest BCUT2D eigenvalue weighted by Gasteiger charge is 2.26. The second-order valence-corrected chi connectivity index (χ2v) is 4.53. The summed E-state index contributed by atoms with van der Waals surface area (Å²) in [6.07, 6.45) is 2.97. The van der Waals surface area contributed by atoms with Crippen LogP contribution in [-0.2, 0) is 0 Å². The SMILES string of the molecule is N#C[C@@H](c1ccccc1)[C@@H](CCO)c1ccncc1F. The van der Waals surface area contributed by atoms with Gasteiger partial charge in [0.25, 0.3) is 0 Å². The molecule has 0 saturated heterocycles. The van der Waals surface area contributed by atoms with E-state index in [1.165, 1.54) is 6.20 Å². The number of hydrogen-bond acceptors (Lipinski definition) is 3. The predicted molar refractivity (Wildman–Crippen MR) is 73.4 cm³/mol. The summed E-state index contributed by atoms with van der Waals surface area (Å²) in [5.74, 6) is -1.34. The van der Waals surface area contributed by atoms with Gasteiger partial charge in [-0.15, -0.1) is 0 Å². The first-order valence-corrected chi connectivity index (χ1v) is 6.42. The van der Waals surface area contributed by atoms with Gasteiger partial charge < -0.3 is 5.11 Å². The molecule has 0 amide bonds. The number of pyridine rings is 1. The number of hydrogen-bond donors (Lipinski definition) is 1. The van der Waals surface area contributed by atoms with E-state index in [9.17, 15) is 14.8 Å². The fourth-order valence-corrected chi connectivity index (χ4v) is 2.38. The van der Waals surface area contributed by atoms with Gasteiger partial charge in [0, 0.05) is 18.7 Å². The van der Waals surface area contributed by atoms with Crippen molar-refractivity contribution in [2.45, 2.75) is 18.3 Å². The van der Waals surface area contributed by atoms with Crippen LogP contribution < -0.4 is 0 Å². The van der Waals surface area contributed by atoms with E-state index >= 15 is 0 Å². The van der Waals surface area contributed by atoms with Gasteiger partial charge in [0.1, 0.15) is 5.82 Å². The second-order valence-electron chi connectivity index (χ2n) is 4.53. The molecule has 0 unspecified atom stereocenters. The summed E-state index contributed by atoms with van der Waals surface area (Å²) in [6, 6.07) is 13.1. The van der Waals surface area contributed by atoms with Crippen molar-refractivity contribution >= 4 is 0 Å². The normalized spacial score (nSPS) is 13.4. The summed E-state index contributed by atoms with van der Waals surface area (Å²) in [4.78, 5) is 3.72. The average Bonchev–Trinajstić information content (AvgIpc) is 2.49. The molecule has 2 aromatic rings. The summed E-state index contributed by atoms with van der Waals surface area (Å²) >= 11 is 0. The highest BCUT2D eigenvalue weighted by molar-refractivity contribution is 5.32. The average molecular weight is 270 g/mol. The molecule has 3 nitrogen and oxygen atoms in total. The minimum absolute atomic E-state index is 0.0998. The molecule has 0 fully saturated rings. The maximum atomic E-state index is 13.9. The van der Waals surface area contributed by atoms with E-state index in [1.807, 2.05) is 30.3 Å². The molecule has 1 heterocycles. The van der Waals surface area contributed by atoms with Crippen molar-refractivity contribution in [2.75, 3.05) is 6.61 Å². The third-order valence-electron chi connectivity index (χ3n) is 3.34. The third-order valence-corrected chi connectivity index (χ3v) is 3.34. The van der Waals surface area contributed by atoms with Crippen LogP contribution in [0.4, 0.5) is 4.39 Å². The van der Waals surface area contributed by atoms with Gasteiger partial charge >= 0.3 is 0 Å². The molecular formula is C16H15FN2O. The van der Waals surface area contributed by atoms with Crippen LogP contribution in [0.25, 0.3) is 0 Å². The first-order valence-electron chi connectivity index (χ1n) is 6.42. The zero-order valence-electron chi connectivity index (χ0n) is 10.9. The van der Waals surface area contributed by atoms with Crippen molar-refractivity contribution in [1.82, 2.24) is 4.98 Å². The largest absolute Gasteiger partial charge is 0.396 e. The first-order chi connectivity index (χ1) is 9.77. The molecule has 0 saturated carbocycles. The molecule has 0 radical (unpaired) electrons. The molecule has 2 rings (SSSR count). The maximum Gasteiger partial charge on any atom is 0.145 e. The number of aromatic nitrogens is 1. The Bertz CT molecular complexity index is 595. The first kappa shape index (κ1) is 14.2. The number of aliphatic hydroxyl groups is 1. The molecule has 0 aliphatic rings. The van der Waals surface area contributed by atoms with Crippen molar-refractivity contribution in [3.8, 4) is 6.07 Å². The Kier molecular flexibility index (Phi) is 4.80. The van der Waals surface area contributed by atoms with E-state index in [1.54, 1.807) is 6.07 Å². The minimum Gasteiger partial charge on any atom is -0.396 e. The topological polar surface area (TPSA) is 56.9 Å². The minimum atomic E-state index is -0.500. The van der Waals surface area contributed by atoms with Gasteiger partial charge in [-0.25, -0.2) is 4.39 Å². The number of halogens is 1. The molecule has 20 heavy (non-hydrogen) atoms. The Balaban J connectivity index is 2.42. The van der Waals surface area contributed by atoms with Gasteiger partial charge in [-0.1, -0.05) is 30.3 Å². The molecule has 0 aliphatic carbocycles. The van der Waals surface area contributed by atoms with E-state index in [0.29, 0.717) is 12.0 Å². The number of aliphatic hydroxyl groups excluding tert-OH is 1. The van der Waals surface area contributed by atoms with E-state index < -0.39 is 17.7 Å². The van der Waals surface area contributed by atoms with Crippen LogP contribution in [0.1, 0.15) is 29.4 Å². The standard InChI is InChI=1S/C16H15FN2O/c17-16-11-19-8-6-14(16)13(7-9-20)15(10-18)12-4-2-1-3-5-12/h1-6,8,11,13,15,20H,7,9H2/t13-,15-/m0/s1. The lowest BCUT2D eigenvalue weighted by Crippen LogP contribution is -2.13. The number of rotatable bonds is 5. The molecular weight excluding hydrogens is 255 g/mol. The van der Waals surface area contributed by atoms with Gasteiger partial charge in [0.2, 0.25) is 0 Å². The van der Waals surface area contributed by atoms with Crippen molar-refractivity contribution in [3.05, 3.63) is 65.7 Å². The highest BCUT2D eigenvalue weighted by atomic mass is 19.1. The summed E-state index contributed by atoms with van der Waals surface area (Å²) in [5, 5.41) is 18.7. The number of nitriles is 1. The van der Waals surface area contributed by atoms with E-state index in [4.69, 9.17) is 0 Å². The van der Waals surface area contributed by atoms with Crippen molar-refractivity contribution in [2.24, 2.45) is 0 Å². The van der Waals surface area contributed by atoms with Crippen LogP contribution in [0.5, 0.6) is 0 Å². The molecule has 0 aliphatic heterocycles. The molecule has 0 bridgehead atoms. The number of nitrogens with zero attached hydrogens (tertiary/aromatic N) is 2. The van der Waals surface area contributed by atoms with Crippen LogP contribution >= 0.6 is 0 Å². The molecule has 4 heteroatoms. The molecule has 1 N–H and O–H groups in total. The van der Waals surface area contributed by atoms with Crippen LogP contribution in [0.3, 0.4) is 0 Å². The molecule has 1 aromatic carbocycles. The summed E-state index contributed by atoms with van der Waals surface area (Å²) in [7, 11) is 0. The maximum absolute atomic E-state index is 13.9. The molecule has 1 aromatic heterocycles. The zero-order valence-corrected chi connectivity index (χ0v) is 10.9. The van der Waals surface area contributed by atoms with E-state index in [-0.39, 0.29) is 6.61 Å². The van der Waals surface area contributed by atoms with Gasteiger partial charge in [0.15, 0.2) is 0 Å². The van der Waals surface area contributed by atoms with E-state index in [2.05, 4.69) is 11.1 Å². The lowest BCUT2D eigenvalue weighted by molar-refractivity contribution is 0.270. The smallest absolute Gasteiger partial charge is 0.145 e. The van der Waals surface area contributed by atoms with Crippen LogP contribution in [0.2, 0.25) is 0 Å². The zero-order chi connectivity index (χ0) is 14.4. The Morgan fingerprint density at radius 3 is 2.60 bits per heavy atom. The van der Waals surface area contributed by atoms with Gasteiger partial charge in [-0.3, -0.25) is 4.98 Å². The van der Waals surface area contributed by atoms with Gasteiger partial charge in [-0.05, 0) is 23.6 Å². The Morgan fingerprint density at radius 1 is 1.25 bits per heavy atom. The quantitative estimate of drug-likeness (QED) is 0.908. The summed E-state index contributed by atoms with van der Waals surface area (Å²) in [6.45, 7) is -0.0998. The lowest BCUT2D eigenvalue weighted by atomic mass is 9.80. The van der Waals surface area contributed by atoms with Crippen molar-refractivity contribution < 1.29 is 9.50 Å². The molecule has 0 spiro atoms.